The number of likely N-dealkylation sites (N-methyl/N-ethyl adjacent to an activating group) is 1. The highest BCUT2D eigenvalue weighted by Crippen LogP contribution is 2.20. The van der Waals surface area contributed by atoms with Crippen molar-refractivity contribution in [3.63, 3.8) is 0 Å². The summed E-state index contributed by atoms with van der Waals surface area (Å²) in [6, 6.07) is 22.1. The molecule has 1 atom stereocenters. The van der Waals surface area contributed by atoms with Crippen molar-refractivity contribution < 1.29 is 14.6 Å². The van der Waals surface area contributed by atoms with Gasteiger partial charge in [-0.2, -0.15) is 0 Å². The Hall–Kier alpha value is -2.56. The predicted octanol–water partition coefficient (Wildman–Crippen LogP) is 3.72. The first-order valence-corrected chi connectivity index (χ1v) is 8.75. The van der Waals surface area contributed by atoms with Crippen LogP contribution in [-0.4, -0.2) is 43.4 Å². The fraction of sp³-hybridized carbons (Fsp3) is 0.273. The minimum absolute atomic E-state index is 0.269. The van der Waals surface area contributed by atoms with Crippen LogP contribution >= 0.6 is 0 Å². The Morgan fingerprint density at radius 2 is 1.62 bits per heavy atom. The van der Waals surface area contributed by atoms with Gasteiger partial charge in [0.15, 0.2) is 0 Å². The normalized spacial score (nSPS) is 12.3. The van der Waals surface area contributed by atoms with E-state index in [0.717, 1.165) is 23.4 Å². The van der Waals surface area contributed by atoms with Gasteiger partial charge in [-0.15, -0.1) is 0 Å². The summed E-state index contributed by atoms with van der Waals surface area (Å²) in [6.07, 6.45) is -0.551. The van der Waals surface area contributed by atoms with Crippen LogP contribution in [0.1, 0.15) is 5.56 Å². The van der Waals surface area contributed by atoms with Crippen LogP contribution in [0, 0.1) is 0 Å². The average molecular weight is 351 g/mol. The van der Waals surface area contributed by atoms with E-state index in [4.69, 9.17) is 9.47 Å². The van der Waals surface area contributed by atoms with E-state index < -0.39 is 6.10 Å². The molecule has 3 rings (SSSR count). The fourth-order valence-corrected chi connectivity index (χ4v) is 2.97. The van der Waals surface area contributed by atoms with Crippen molar-refractivity contribution in [2.45, 2.75) is 12.6 Å². The van der Waals surface area contributed by atoms with E-state index in [1.165, 1.54) is 10.9 Å². The number of nitrogens with zero attached hydrogens (tertiary/aromatic N) is 1. The predicted molar refractivity (Wildman–Crippen MR) is 105 cm³/mol. The van der Waals surface area contributed by atoms with Gasteiger partial charge in [0.2, 0.25) is 0 Å². The van der Waals surface area contributed by atoms with E-state index >= 15 is 0 Å². The van der Waals surface area contributed by atoms with Gasteiger partial charge in [0.05, 0.1) is 7.11 Å². The fourth-order valence-electron chi connectivity index (χ4n) is 2.97. The number of hydrogen-bond donors (Lipinski definition) is 1. The molecule has 0 radical (unpaired) electrons. The van der Waals surface area contributed by atoms with Crippen molar-refractivity contribution in [1.29, 1.82) is 0 Å². The summed E-state index contributed by atoms with van der Waals surface area (Å²) in [4.78, 5) is 2.08. The summed E-state index contributed by atoms with van der Waals surface area (Å²) in [7, 11) is 3.65. The third-order valence-electron chi connectivity index (χ3n) is 4.30. The van der Waals surface area contributed by atoms with Crippen molar-refractivity contribution in [3.8, 4) is 11.5 Å². The molecule has 0 aromatic heterocycles. The maximum atomic E-state index is 10.3. The maximum Gasteiger partial charge on any atom is 0.120 e. The lowest BCUT2D eigenvalue weighted by atomic mass is 10.1. The monoisotopic (exact) mass is 351 g/mol. The van der Waals surface area contributed by atoms with E-state index in [1.807, 2.05) is 61.6 Å². The lowest BCUT2D eigenvalue weighted by Gasteiger charge is -2.21. The average Bonchev–Trinajstić information content (AvgIpc) is 2.66. The van der Waals surface area contributed by atoms with Crippen LogP contribution in [0.5, 0.6) is 11.5 Å². The molecule has 3 aromatic carbocycles. The molecule has 0 heterocycles. The van der Waals surface area contributed by atoms with Crippen LogP contribution in [0.25, 0.3) is 10.8 Å². The maximum absolute atomic E-state index is 10.3. The summed E-state index contributed by atoms with van der Waals surface area (Å²) in [5.41, 5.74) is 1.18. The zero-order chi connectivity index (χ0) is 18.4. The first-order chi connectivity index (χ1) is 12.6. The van der Waals surface area contributed by atoms with Gasteiger partial charge in [-0.25, -0.2) is 0 Å². The van der Waals surface area contributed by atoms with Gasteiger partial charge in [0.25, 0.3) is 0 Å². The van der Waals surface area contributed by atoms with Crippen molar-refractivity contribution in [3.05, 3.63) is 72.3 Å². The van der Waals surface area contributed by atoms with Crippen molar-refractivity contribution in [2.24, 2.45) is 0 Å². The van der Waals surface area contributed by atoms with Gasteiger partial charge in [0, 0.05) is 13.1 Å². The van der Waals surface area contributed by atoms with E-state index in [-0.39, 0.29) is 6.61 Å². The lowest BCUT2D eigenvalue weighted by molar-refractivity contribution is 0.0744. The first-order valence-electron chi connectivity index (χ1n) is 8.75. The number of rotatable bonds is 8. The van der Waals surface area contributed by atoms with Crippen molar-refractivity contribution in [2.75, 3.05) is 27.3 Å². The topological polar surface area (TPSA) is 41.9 Å². The summed E-state index contributed by atoms with van der Waals surface area (Å²) >= 11 is 0. The molecule has 0 bridgehead atoms. The van der Waals surface area contributed by atoms with Crippen LogP contribution < -0.4 is 9.47 Å². The van der Waals surface area contributed by atoms with Gasteiger partial charge in [-0.05, 0) is 47.6 Å². The van der Waals surface area contributed by atoms with Crippen molar-refractivity contribution >= 4 is 10.8 Å². The highest BCUT2D eigenvalue weighted by atomic mass is 16.5. The van der Waals surface area contributed by atoms with E-state index in [2.05, 4.69) is 17.0 Å². The van der Waals surface area contributed by atoms with Gasteiger partial charge in [0.1, 0.15) is 24.2 Å². The number of ether oxygens (including phenoxy) is 2. The minimum atomic E-state index is -0.551. The molecule has 0 saturated carbocycles. The van der Waals surface area contributed by atoms with Crippen LogP contribution in [-0.2, 0) is 6.54 Å². The number of benzene rings is 3. The number of hydrogen-bond acceptors (Lipinski definition) is 4. The van der Waals surface area contributed by atoms with E-state index in [9.17, 15) is 5.11 Å². The van der Waals surface area contributed by atoms with E-state index in [0.29, 0.717) is 6.54 Å². The molecule has 4 heteroatoms. The Balaban J connectivity index is 1.48. The smallest absolute Gasteiger partial charge is 0.120 e. The molecule has 0 spiro atoms. The van der Waals surface area contributed by atoms with Gasteiger partial charge in [-0.3, -0.25) is 4.90 Å². The zero-order valence-corrected chi connectivity index (χ0v) is 15.3. The Kier molecular flexibility index (Phi) is 6.10. The second-order valence-electron chi connectivity index (χ2n) is 6.52. The third-order valence-corrected chi connectivity index (χ3v) is 4.30. The summed E-state index contributed by atoms with van der Waals surface area (Å²) in [6.45, 7) is 1.57. The molecule has 4 nitrogen and oxygen atoms in total. The highest BCUT2D eigenvalue weighted by molar-refractivity contribution is 5.83. The van der Waals surface area contributed by atoms with Crippen LogP contribution in [0.4, 0.5) is 0 Å². The minimum Gasteiger partial charge on any atom is -0.497 e. The molecule has 0 fully saturated rings. The quantitative estimate of drug-likeness (QED) is 0.672. The number of aliphatic hydroxyl groups is 1. The number of aliphatic hydroxyl groups excluding tert-OH is 1. The molecule has 3 aromatic rings. The molecule has 0 aliphatic carbocycles. The Morgan fingerprint density at radius 1 is 0.923 bits per heavy atom. The van der Waals surface area contributed by atoms with Crippen LogP contribution in [0.2, 0.25) is 0 Å². The highest BCUT2D eigenvalue weighted by Gasteiger charge is 2.10. The molecule has 0 aliphatic heterocycles. The first kappa shape index (κ1) is 18.2. The molecule has 1 unspecified atom stereocenters. The lowest BCUT2D eigenvalue weighted by Crippen LogP contribution is -2.32. The summed E-state index contributed by atoms with van der Waals surface area (Å²) < 4.78 is 10.9. The second kappa shape index (κ2) is 8.70. The largest absolute Gasteiger partial charge is 0.497 e. The Bertz CT molecular complexity index is 832. The summed E-state index contributed by atoms with van der Waals surface area (Å²) in [5.74, 6) is 1.63. The van der Waals surface area contributed by atoms with Gasteiger partial charge < -0.3 is 14.6 Å². The van der Waals surface area contributed by atoms with Gasteiger partial charge >= 0.3 is 0 Å². The third kappa shape index (κ3) is 4.97. The standard InChI is InChI=1S/C22H25NO3/c1-23(14-17-7-10-21(25-2)11-8-17)15-20(24)16-26-22-12-9-18-5-3-4-6-19(18)13-22/h3-13,20,24H,14-16H2,1-2H3. The zero-order valence-electron chi connectivity index (χ0n) is 15.3. The molecule has 0 aliphatic rings. The molecule has 26 heavy (non-hydrogen) atoms. The summed E-state index contributed by atoms with van der Waals surface area (Å²) in [5, 5.41) is 12.6. The van der Waals surface area contributed by atoms with Gasteiger partial charge in [-0.1, -0.05) is 42.5 Å². The Labute approximate surface area is 154 Å². The molecule has 0 amide bonds. The SMILES string of the molecule is COc1ccc(CN(C)CC(O)COc2ccc3ccccc3c2)cc1. The molecule has 136 valence electrons. The van der Waals surface area contributed by atoms with Crippen LogP contribution in [0.3, 0.4) is 0 Å². The number of methoxy groups -OCH3 is 1. The molecule has 1 N–H and O–H groups in total. The second-order valence-corrected chi connectivity index (χ2v) is 6.52. The number of fused-ring (bicyclic) bond motifs is 1. The Morgan fingerprint density at radius 3 is 2.35 bits per heavy atom. The molecular formula is C22H25NO3. The van der Waals surface area contributed by atoms with Crippen molar-refractivity contribution in [1.82, 2.24) is 4.90 Å². The van der Waals surface area contributed by atoms with E-state index in [1.54, 1.807) is 7.11 Å². The molecule has 0 saturated heterocycles. The molecular weight excluding hydrogens is 326 g/mol. The van der Waals surface area contributed by atoms with Crippen LogP contribution in [0.15, 0.2) is 66.7 Å².